The van der Waals surface area contributed by atoms with Crippen molar-refractivity contribution in [1.82, 2.24) is 20.4 Å². The molecule has 0 aromatic heterocycles. The fraction of sp³-hybridized carbons (Fsp3) is 0.478. The van der Waals surface area contributed by atoms with Crippen LogP contribution in [0.5, 0.6) is 5.75 Å². The number of imide groups is 2. The molecule has 4 fully saturated rings. The molecule has 4 aliphatic heterocycles. The second-order valence-electron chi connectivity index (χ2n) is 18.4. The van der Waals surface area contributed by atoms with Crippen LogP contribution in [-0.4, -0.2) is 103 Å². The zero-order valence-corrected chi connectivity index (χ0v) is 35.9. The third-order valence-electron chi connectivity index (χ3n) is 13.7. The smallest absolute Gasteiger partial charge is 0.262 e. The van der Waals surface area contributed by atoms with Gasteiger partial charge in [0.2, 0.25) is 11.8 Å². The molecular weight excluding hydrogens is 801 g/mol. The van der Waals surface area contributed by atoms with Gasteiger partial charge in [-0.1, -0.05) is 39.3 Å². The molecule has 5 aliphatic rings. The number of fused-ring (bicyclic) bond motifs is 1. The largest absolute Gasteiger partial charge is 0.489 e. The quantitative estimate of drug-likeness (QED) is 0.240. The van der Waals surface area contributed by atoms with E-state index in [1.807, 2.05) is 29.2 Å². The highest BCUT2D eigenvalue weighted by atomic mass is 35.5. The highest BCUT2D eigenvalue weighted by Gasteiger charge is 2.64. The fourth-order valence-electron chi connectivity index (χ4n) is 10.7. The number of amides is 5. The number of benzene rings is 3. The van der Waals surface area contributed by atoms with Gasteiger partial charge in [-0.3, -0.25) is 34.2 Å². The van der Waals surface area contributed by atoms with Gasteiger partial charge < -0.3 is 24.8 Å². The van der Waals surface area contributed by atoms with Crippen LogP contribution in [0.4, 0.5) is 15.8 Å². The lowest BCUT2D eigenvalue weighted by molar-refractivity contribution is -0.164. The van der Waals surface area contributed by atoms with Gasteiger partial charge in [0.1, 0.15) is 29.8 Å². The van der Waals surface area contributed by atoms with E-state index in [4.69, 9.17) is 16.3 Å². The van der Waals surface area contributed by atoms with Crippen molar-refractivity contribution in [3.63, 3.8) is 0 Å². The fourth-order valence-corrected chi connectivity index (χ4v) is 10.9. The number of carbonyl (C=O) groups is 5. The number of anilines is 2. The number of carbonyl (C=O) groups excluding carboxylic acids is 5. The highest BCUT2D eigenvalue weighted by molar-refractivity contribution is 6.31. The maximum atomic E-state index is 15.5. The molecule has 3 saturated heterocycles. The first-order chi connectivity index (χ1) is 29.0. The molecule has 15 heteroatoms. The Labute approximate surface area is 360 Å². The average Bonchev–Trinajstić information content (AvgIpc) is 3.79. The van der Waals surface area contributed by atoms with Crippen LogP contribution in [0.1, 0.15) is 96.4 Å². The van der Waals surface area contributed by atoms with Crippen LogP contribution in [0, 0.1) is 33.9 Å². The lowest BCUT2D eigenvalue weighted by Crippen LogP contribution is -2.74. The van der Waals surface area contributed by atoms with Crippen LogP contribution in [-0.2, 0) is 9.59 Å². The first-order valence-corrected chi connectivity index (χ1v) is 21.4. The van der Waals surface area contributed by atoms with E-state index in [9.17, 15) is 29.2 Å². The summed E-state index contributed by atoms with van der Waals surface area (Å²) >= 11 is 6.25. The molecule has 4 heterocycles. The number of rotatable bonds is 10. The van der Waals surface area contributed by atoms with Crippen molar-refractivity contribution in [1.29, 1.82) is 5.26 Å². The number of halogens is 2. The molecule has 1 aliphatic carbocycles. The van der Waals surface area contributed by atoms with Crippen LogP contribution in [0.15, 0.2) is 54.6 Å². The Kier molecular flexibility index (Phi) is 11.1. The second kappa shape index (κ2) is 16.1. The summed E-state index contributed by atoms with van der Waals surface area (Å²) in [7, 11) is 2.14. The summed E-state index contributed by atoms with van der Waals surface area (Å²) in [6.45, 7) is 12.1. The minimum absolute atomic E-state index is 0.0145. The molecule has 320 valence electrons. The number of ether oxygens (including phenoxy) is 1. The molecule has 2 atom stereocenters. The standard InChI is InChI=1S/C46H51ClFN7O6/c1-45(2)43(46(3,4)44(45)61-31-11-8-28(23-49)34(47)20-31)51-39(57)27-6-9-30(10-7-27)53-18-15-29(16-19-53)52(5)24-26-14-17-54(25-26)37-22-33-32(21-35(37)48)41(59)55(42(33)60)36-12-13-38(56)50-40(36)58/h6-11,20-22,26,29,36,43-44H,12-19,24-25H2,1-5H3,(H,51,57)(H,50,56,58)/t26-,36?,43-,44-/m0/s1. The molecule has 0 spiro atoms. The molecular formula is C46H51ClFN7O6. The summed E-state index contributed by atoms with van der Waals surface area (Å²) in [5, 5.41) is 15.0. The predicted molar refractivity (Wildman–Crippen MR) is 227 cm³/mol. The van der Waals surface area contributed by atoms with E-state index >= 15 is 4.39 Å². The zero-order chi connectivity index (χ0) is 43.5. The minimum Gasteiger partial charge on any atom is -0.489 e. The van der Waals surface area contributed by atoms with Gasteiger partial charge >= 0.3 is 0 Å². The molecule has 13 nitrogen and oxygen atoms in total. The van der Waals surface area contributed by atoms with Crippen molar-refractivity contribution in [3.8, 4) is 11.8 Å². The summed E-state index contributed by atoms with van der Waals surface area (Å²) in [6.07, 6.45) is 2.65. The molecule has 0 bridgehead atoms. The Hall–Kier alpha value is -5.52. The molecule has 3 aromatic carbocycles. The zero-order valence-electron chi connectivity index (χ0n) is 35.1. The van der Waals surface area contributed by atoms with Crippen LogP contribution in [0.25, 0.3) is 0 Å². The van der Waals surface area contributed by atoms with Gasteiger partial charge in [-0.2, -0.15) is 5.26 Å². The van der Waals surface area contributed by atoms with Crippen molar-refractivity contribution in [2.75, 3.05) is 49.6 Å². The second-order valence-corrected chi connectivity index (χ2v) is 18.8. The van der Waals surface area contributed by atoms with Crippen molar-refractivity contribution in [2.24, 2.45) is 16.7 Å². The van der Waals surface area contributed by atoms with Gasteiger partial charge in [0.15, 0.2) is 0 Å². The predicted octanol–water partition coefficient (Wildman–Crippen LogP) is 5.79. The van der Waals surface area contributed by atoms with Gasteiger partial charge in [0.25, 0.3) is 17.7 Å². The maximum absolute atomic E-state index is 15.5. The lowest BCUT2D eigenvalue weighted by atomic mass is 9.49. The summed E-state index contributed by atoms with van der Waals surface area (Å²) in [5.74, 6) is -2.38. The number of hydrogen-bond donors (Lipinski definition) is 2. The van der Waals surface area contributed by atoms with E-state index in [2.05, 4.69) is 61.2 Å². The molecule has 61 heavy (non-hydrogen) atoms. The van der Waals surface area contributed by atoms with Gasteiger partial charge in [0, 0.05) is 79.4 Å². The van der Waals surface area contributed by atoms with Crippen molar-refractivity contribution in [3.05, 3.63) is 87.7 Å². The van der Waals surface area contributed by atoms with E-state index < -0.39 is 35.5 Å². The molecule has 1 unspecified atom stereocenters. The van der Waals surface area contributed by atoms with Gasteiger partial charge in [-0.15, -0.1) is 0 Å². The van der Waals surface area contributed by atoms with Crippen LogP contribution in [0.2, 0.25) is 5.02 Å². The van der Waals surface area contributed by atoms with Gasteiger partial charge in [0.05, 0.1) is 27.4 Å². The summed E-state index contributed by atoms with van der Waals surface area (Å²) in [4.78, 5) is 71.7. The first kappa shape index (κ1) is 42.2. The lowest BCUT2D eigenvalue weighted by Gasteiger charge is -2.63. The van der Waals surface area contributed by atoms with Crippen LogP contribution < -0.4 is 25.2 Å². The number of nitrogens with one attached hydrogen (secondary N) is 2. The van der Waals surface area contributed by atoms with Gasteiger partial charge in [-0.05, 0) is 87.2 Å². The normalized spacial score (nSPS) is 24.7. The maximum Gasteiger partial charge on any atom is 0.262 e. The Bertz CT molecular complexity index is 2320. The number of nitriles is 1. The highest BCUT2D eigenvalue weighted by Crippen LogP contribution is 2.55. The molecule has 2 N–H and O–H groups in total. The van der Waals surface area contributed by atoms with E-state index in [-0.39, 0.29) is 64.5 Å². The Morgan fingerprint density at radius 2 is 1.59 bits per heavy atom. The SMILES string of the molecule is CN(C[C@@H]1CCN(c2cc3c(cc2F)C(=O)N(C2CCC(=O)NC2=O)C3=O)C1)C1CCN(c2ccc(C(=O)N[C@H]3C(C)(C)[C@H](Oc4ccc(C#N)c(Cl)c4)C3(C)C)cc2)CC1. The number of hydrogen-bond acceptors (Lipinski definition) is 10. The Balaban J connectivity index is 0.812. The third-order valence-corrected chi connectivity index (χ3v) is 14.0. The van der Waals surface area contributed by atoms with E-state index in [1.165, 1.54) is 6.07 Å². The topological polar surface area (TPSA) is 155 Å². The summed E-state index contributed by atoms with van der Waals surface area (Å²) in [6, 6.07) is 16.6. The first-order valence-electron chi connectivity index (χ1n) is 21.0. The van der Waals surface area contributed by atoms with E-state index in [1.54, 1.807) is 18.2 Å². The average molecular weight is 852 g/mol. The van der Waals surface area contributed by atoms with Crippen LogP contribution >= 0.6 is 11.6 Å². The molecule has 1 saturated carbocycles. The monoisotopic (exact) mass is 851 g/mol. The van der Waals surface area contributed by atoms with E-state index in [0.29, 0.717) is 41.0 Å². The van der Waals surface area contributed by atoms with E-state index in [0.717, 1.165) is 55.6 Å². The number of nitrogens with zero attached hydrogens (tertiary/aromatic N) is 5. The summed E-state index contributed by atoms with van der Waals surface area (Å²) in [5.41, 5.74) is 1.59. The number of piperidine rings is 2. The molecule has 0 radical (unpaired) electrons. The molecule has 8 rings (SSSR count). The minimum atomic E-state index is -1.10. The van der Waals surface area contributed by atoms with Crippen molar-refractivity contribution in [2.45, 2.75) is 84.0 Å². The van der Waals surface area contributed by atoms with Crippen molar-refractivity contribution >= 4 is 52.5 Å². The van der Waals surface area contributed by atoms with Crippen molar-refractivity contribution < 1.29 is 33.1 Å². The third kappa shape index (κ3) is 7.71. The Morgan fingerprint density at radius 3 is 2.23 bits per heavy atom. The summed E-state index contributed by atoms with van der Waals surface area (Å²) < 4.78 is 21.9. The Morgan fingerprint density at radius 1 is 0.934 bits per heavy atom. The molecule has 5 amide bonds. The van der Waals surface area contributed by atoms with Crippen LogP contribution in [0.3, 0.4) is 0 Å². The van der Waals surface area contributed by atoms with Gasteiger partial charge in [-0.25, -0.2) is 4.39 Å². The molecule has 3 aromatic rings.